The number of carbonyl (C=O) groups excluding carboxylic acids is 1. The van der Waals surface area contributed by atoms with Crippen LogP contribution in [0.15, 0.2) is 59.1 Å². The van der Waals surface area contributed by atoms with Crippen molar-refractivity contribution in [2.24, 2.45) is 10.9 Å². The molecule has 1 N–H and O–H groups in total. The number of esters is 1. The molecule has 1 aromatic heterocycles. The first-order chi connectivity index (χ1) is 12.1. The van der Waals surface area contributed by atoms with Gasteiger partial charge in [0, 0.05) is 48.4 Å². The fourth-order valence-corrected chi connectivity index (χ4v) is 2.96. The molecule has 25 heavy (non-hydrogen) atoms. The lowest BCUT2D eigenvalue weighted by Gasteiger charge is -2.28. The van der Waals surface area contributed by atoms with E-state index >= 15 is 0 Å². The highest BCUT2D eigenvalue weighted by Crippen LogP contribution is 2.32. The Morgan fingerprint density at radius 2 is 2.12 bits per heavy atom. The second kappa shape index (κ2) is 7.34. The van der Waals surface area contributed by atoms with E-state index < -0.39 is 0 Å². The monoisotopic (exact) mass is 338 g/mol. The number of pyridine rings is 1. The number of carbonyl (C=O) groups is 1. The maximum atomic E-state index is 12.0. The zero-order valence-electron chi connectivity index (χ0n) is 14.6. The van der Waals surface area contributed by atoms with Crippen LogP contribution in [0.2, 0.25) is 0 Å². The largest absolute Gasteiger partial charge is 0.463 e. The number of fused-ring (bicyclic) bond motifs is 1. The first kappa shape index (κ1) is 17.0. The molecule has 2 heterocycles. The zero-order chi connectivity index (χ0) is 17.8. The summed E-state index contributed by atoms with van der Waals surface area (Å²) in [6.07, 6.45) is 10.8. The summed E-state index contributed by atoms with van der Waals surface area (Å²) in [6, 6.07) is 3.81. The average Bonchev–Trinajstić information content (AvgIpc) is 2.99. The summed E-state index contributed by atoms with van der Waals surface area (Å²) in [7, 11) is 2.00. The molecule has 130 valence electrons. The fraction of sp³-hybridized carbons (Fsp3) is 0.316. The van der Waals surface area contributed by atoms with Gasteiger partial charge in [0.05, 0.1) is 24.7 Å². The molecule has 1 aromatic rings. The van der Waals surface area contributed by atoms with E-state index in [2.05, 4.69) is 28.3 Å². The van der Waals surface area contributed by atoms with Crippen molar-refractivity contribution in [1.29, 1.82) is 0 Å². The normalized spacial score (nSPS) is 22.2. The van der Waals surface area contributed by atoms with E-state index in [0.717, 1.165) is 11.3 Å². The van der Waals surface area contributed by atoms with Crippen molar-refractivity contribution in [3.05, 3.63) is 59.7 Å². The highest BCUT2D eigenvalue weighted by Gasteiger charge is 2.32. The summed E-state index contributed by atoms with van der Waals surface area (Å²) < 4.78 is 5.06. The molecule has 6 heteroatoms. The highest BCUT2D eigenvalue weighted by atomic mass is 16.5. The van der Waals surface area contributed by atoms with E-state index in [1.165, 1.54) is 11.8 Å². The van der Waals surface area contributed by atoms with E-state index in [1.54, 1.807) is 19.3 Å². The van der Waals surface area contributed by atoms with Gasteiger partial charge in [0.25, 0.3) is 0 Å². The van der Waals surface area contributed by atoms with E-state index in [9.17, 15) is 4.79 Å². The molecule has 0 amide bonds. The van der Waals surface area contributed by atoms with Gasteiger partial charge in [-0.25, -0.2) is 4.79 Å². The number of aliphatic imine (C=N–C) groups is 1. The molecule has 6 nitrogen and oxygen atoms in total. The second-order valence-corrected chi connectivity index (χ2v) is 5.99. The van der Waals surface area contributed by atoms with E-state index in [-0.39, 0.29) is 17.9 Å². The number of allylic oxidation sites excluding steroid dienone is 2. The van der Waals surface area contributed by atoms with Crippen LogP contribution in [0.25, 0.3) is 5.70 Å². The van der Waals surface area contributed by atoms with Gasteiger partial charge in [-0.05, 0) is 31.2 Å². The Hall–Kier alpha value is -2.89. The van der Waals surface area contributed by atoms with E-state index in [4.69, 9.17) is 4.74 Å². The molecule has 0 radical (unpaired) electrons. The smallest absolute Gasteiger partial charge is 0.332 e. The Balaban J connectivity index is 1.88. The number of hydrogen-bond acceptors (Lipinski definition) is 6. The number of likely N-dealkylation sites (N-methyl/N-ethyl adjacent to an activating group) is 1. The van der Waals surface area contributed by atoms with Crippen LogP contribution in [0, 0.1) is 5.92 Å². The number of rotatable bonds is 5. The third-order valence-corrected chi connectivity index (χ3v) is 4.33. The Kier molecular flexibility index (Phi) is 4.97. The quantitative estimate of drug-likeness (QED) is 0.659. The van der Waals surface area contributed by atoms with Gasteiger partial charge in [-0.3, -0.25) is 9.98 Å². The topological polar surface area (TPSA) is 66.8 Å². The van der Waals surface area contributed by atoms with Crippen LogP contribution in [0.1, 0.15) is 19.4 Å². The van der Waals surface area contributed by atoms with Crippen LogP contribution < -0.4 is 5.32 Å². The van der Waals surface area contributed by atoms with Crippen molar-refractivity contribution >= 4 is 18.0 Å². The molecule has 2 aliphatic rings. The van der Waals surface area contributed by atoms with Gasteiger partial charge >= 0.3 is 5.97 Å². The van der Waals surface area contributed by atoms with Crippen molar-refractivity contribution in [2.45, 2.75) is 19.9 Å². The van der Waals surface area contributed by atoms with Gasteiger partial charge in [0.2, 0.25) is 0 Å². The van der Waals surface area contributed by atoms with E-state index in [0.29, 0.717) is 12.3 Å². The highest BCUT2D eigenvalue weighted by molar-refractivity contribution is 5.91. The molecule has 1 aliphatic heterocycles. The SMILES string of the molecule is CCOC(=O)/C=C(/NC1=CC=C2C(N=CN2C)C1C)c1ccncc1. The minimum absolute atomic E-state index is 0.0961. The predicted octanol–water partition coefficient (Wildman–Crippen LogP) is 2.33. The Morgan fingerprint density at radius 3 is 2.84 bits per heavy atom. The lowest BCUT2D eigenvalue weighted by molar-refractivity contribution is -0.137. The molecular weight excluding hydrogens is 316 g/mol. The molecule has 2 atom stereocenters. The van der Waals surface area contributed by atoms with Gasteiger partial charge in [-0.15, -0.1) is 0 Å². The molecule has 0 saturated carbocycles. The van der Waals surface area contributed by atoms with Crippen LogP contribution in [-0.4, -0.2) is 41.9 Å². The first-order valence-electron chi connectivity index (χ1n) is 8.34. The zero-order valence-corrected chi connectivity index (χ0v) is 14.6. The van der Waals surface area contributed by atoms with Crippen molar-refractivity contribution in [3.8, 4) is 0 Å². The van der Waals surface area contributed by atoms with Gasteiger partial charge in [-0.1, -0.05) is 6.92 Å². The van der Waals surface area contributed by atoms with E-state index in [1.807, 2.05) is 36.5 Å². The molecule has 3 rings (SSSR count). The summed E-state index contributed by atoms with van der Waals surface area (Å²) in [4.78, 5) is 22.6. The molecule has 1 aliphatic carbocycles. The van der Waals surface area contributed by atoms with Gasteiger partial charge in [0.1, 0.15) is 0 Å². The minimum atomic E-state index is -0.374. The number of nitrogens with one attached hydrogen (secondary N) is 1. The van der Waals surface area contributed by atoms with Crippen molar-refractivity contribution in [2.75, 3.05) is 13.7 Å². The Morgan fingerprint density at radius 1 is 1.36 bits per heavy atom. The average molecular weight is 338 g/mol. The summed E-state index contributed by atoms with van der Waals surface area (Å²) in [5, 5.41) is 3.40. The summed E-state index contributed by atoms with van der Waals surface area (Å²) >= 11 is 0. The number of nitrogens with zero attached hydrogens (tertiary/aromatic N) is 3. The lowest BCUT2D eigenvalue weighted by atomic mass is 9.91. The number of ether oxygens (including phenoxy) is 1. The minimum Gasteiger partial charge on any atom is -0.463 e. The fourth-order valence-electron chi connectivity index (χ4n) is 2.96. The maximum Gasteiger partial charge on any atom is 0.332 e. The molecule has 2 unspecified atom stereocenters. The standard InChI is InChI=1S/C19H22N4O2/c1-4-25-18(24)11-16(14-7-9-20-10-8-14)22-15-5-6-17-19(13(15)2)21-12-23(17)3/h5-13,19,22H,4H2,1-3H3/b16-11+. The third kappa shape index (κ3) is 3.63. The second-order valence-electron chi connectivity index (χ2n) is 5.99. The van der Waals surface area contributed by atoms with Gasteiger partial charge < -0.3 is 15.0 Å². The molecule has 0 fully saturated rings. The van der Waals surface area contributed by atoms with Gasteiger partial charge in [0.15, 0.2) is 0 Å². The van der Waals surface area contributed by atoms with Crippen molar-refractivity contribution < 1.29 is 9.53 Å². The lowest BCUT2D eigenvalue weighted by Crippen LogP contribution is -2.31. The Bertz CT molecular complexity index is 765. The Labute approximate surface area is 147 Å². The summed E-state index contributed by atoms with van der Waals surface area (Å²) in [6.45, 7) is 4.26. The summed E-state index contributed by atoms with van der Waals surface area (Å²) in [5.41, 5.74) is 3.75. The number of aromatic nitrogens is 1. The third-order valence-electron chi connectivity index (χ3n) is 4.33. The molecule has 0 bridgehead atoms. The predicted molar refractivity (Wildman–Crippen MR) is 97.4 cm³/mol. The van der Waals surface area contributed by atoms with Crippen molar-refractivity contribution in [1.82, 2.24) is 15.2 Å². The van der Waals surface area contributed by atoms with Crippen LogP contribution in [0.5, 0.6) is 0 Å². The molecule has 0 aromatic carbocycles. The van der Waals surface area contributed by atoms with Crippen molar-refractivity contribution in [3.63, 3.8) is 0 Å². The first-order valence-corrected chi connectivity index (χ1v) is 8.34. The molecule has 0 spiro atoms. The summed E-state index contributed by atoms with van der Waals surface area (Å²) in [5.74, 6) is -0.200. The van der Waals surface area contributed by atoms with Crippen LogP contribution >= 0.6 is 0 Å². The van der Waals surface area contributed by atoms with Gasteiger partial charge in [-0.2, -0.15) is 0 Å². The van der Waals surface area contributed by atoms with Crippen LogP contribution in [0.4, 0.5) is 0 Å². The molecule has 0 saturated heterocycles. The number of hydrogen-bond donors (Lipinski definition) is 1. The molecular formula is C19H22N4O2. The van der Waals surface area contributed by atoms with Crippen LogP contribution in [0.3, 0.4) is 0 Å². The van der Waals surface area contributed by atoms with Crippen LogP contribution in [-0.2, 0) is 9.53 Å². The maximum absolute atomic E-state index is 12.0.